The van der Waals surface area contributed by atoms with Gasteiger partial charge >= 0.3 is 0 Å². The molecule has 24 heavy (non-hydrogen) atoms. The molecule has 1 aliphatic heterocycles. The molecule has 1 atom stereocenters. The van der Waals surface area contributed by atoms with Crippen molar-refractivity contribution in [1.82, 2.24) is 9.78 Å². The summed E-state index contributed by atoms with van der Waals surface area (Å²) in [5, 5.41) is 13.8. The molecule has 0 aliphatic carbocycles. The molecule has 8 heteroatoms. The highest BCUT2D eigenvalue weighted by atomic mass is 32.2. The second kappa shape index (κ2) is 6.52. The van der Waals surface area contributed by atoms with Gasteiger partial charge in [-0.3, -0.25) is 4.79 Å². The molecule has 0 fully saturated rings. The molecule has 2 aromatic rings. The van der Waals surface area contributed by atoms with Crippen LogP contribution in [-0.4, -0.2) is 33.5 Å². The summed E-state index contributed by atoms with van der Waals surface area (Å²) in [5.41, 5.74) is -0.520. The van der Waals surface area contributed by atoms with E-state index in [1.54, 1.807) is 6.92 Å². The largest absolute Gasteiger partial charge is 0.493 e. The molecule has 1 aromatic heterocycles. The number of hydrogen-bond donors (Lipinski definition) is 1. The predicted octanol–water partition coefficient (Wildman–Crippen LogP) is 3.30. The van der Waals surface area contributed by atoms with Crippen LogP contribution in [0, 0.1) is 11.6 Å². The number of benzene rings is 1. The van der Waals surface area contributed by atoms with E-state index in [1.165, 1.54) is 23.6 Å². The molecule has 0 bridgehead atoms. The number of aromatic hydroxyl groups is 1. The van der Waals surface area contributed by atoms with Crippen LogP contribution in [-0.2, 0) is 11.3 Å². The van der Waals surface area contributed by atoms with Crippen molar-refractivity contribution in [2.24, 2.45) is 0 Å². The number of aryl methyl sites for hydroxylation is 1. The molecule has 0 saturated heterocycles. The maximum absolute atomic E-state index is 14.9. The summed E-state index contributed by atoms with van der Waals surface area (Å²) in [6, 6.07) is 0.879. The molecule has 0 spiro atoms. The van der Waals surface area contributed by atoms with Gasteiger partial charge in [0.05, 0.1) is 22.8 Å². The van der Waals surface area contributed by atoms with Crippen LogP contribution in [0.4, 0.5) is 8.78 Å². The molecule has 0 radical (unpaired) electrons. The highest BCUT2D eigenvalue weighted by Gasteiger charge is 2.32. The summed E-state index contributed by atoms with van der Waals surface area (Å²) in [6.07, 6.45) is 1.08. The number of halogens is 2. The lowest BCUT2D eigenvalue weighted by Crippen LogP contribution is -2.17. The summed E-state index contributed by atoms with van der Waals surface area (Å²) in [7, 11) is 1.42. The molecule has 1 N–H and O–H groups in total. The number of rotatable bonds is 4. The highest BCUT2D eigenvalue weighted by Crippen LogP contribution is 2.42. The summed E-state index contributed by atoms with van der Waals surface area (Å²) >= 11 is 1.20. The van der Waals surface area contributed by atoms with Gasteiger partial charge in [-0.15, -0.1) is 11.8 Å². The molecule has 128 valence electrons. The van der Waals surface area contributed by atoms with Crippen LogP contribution >= 0.6 is 11.8 Å². The van der Waals surface area contributed by atoms with Crippen LogP contribution in [0.1, 0.15) is 40.9 Å². The first-order valence-corrected chi connectivity index (χ1v) is 8.45. The van der Waals surface area contributed by atoms with E-state index in [4.69, 9.17) is 4.74 Å². The lowest BCUT2D eigenvalue weighted by molar-refractivity contribution is 0.0923. The first-order chi connectivity index (χ1) is 11.5. The van der Waals surface area contributed by atoms with Gasteiger partial charge in [0, 0.05) is 25.0 Å². The van der Waals surface area contributed by atoms with Crippen LogP contribution < -0.4 is 0 Å². The second-order valence-corrected chi connectivity index (χ2v) is 6.46. The minimum absolute atomic E-state index is 0.0690. The van der Waals surface area contributed by atoms with Crippen LogP contribution in [0.3, 0.4) is 0 Å². The Hall–Kier alpha value is -1.93. The highest BCUT2D eigenvalue weighted by molar-refractivity contribution is 7.99. The number of methoxy groups -OCH3 is 1. The maximum atomic E-state index is 14.9. The molecule has 2 heterocycles. The molecule has 1 unspecified atom stereocenters. The smallest absolute Gasteiger partial charge is 0.220 e. The summed E-state index contributed by atoms with van der Waals surface area (Å²) in [6.45, 7) is 2.09. The Bertz CT molecular complexity index is 807. The quantitative estimate of drug-likeness (QED) is 0.854. The van der Waals surface area contributed by atoms with E-state index in [2.05, 4.69) is 5.10 Å². The van der Waals surface area contributed by atoms with Crippen molar-refractivity contribution in [2.75, 3.05) is 12.9 Å². The van der Waals surface area contributed by atoms with E-state index in [0.717, 1.165) is 12.3 Å². The fourth-order valence-corrected chi connectivity index (χ4v) is 3.90. The van der Waals surface area contributed by atoms with Crippen molar-refractivity contribution >= 4 is 17.5 Å². The summed E-state index contributed by atoms with van der Waals surface area (Å²) < 4.78 is 35.8. The van der Waals surface area contributed by atoms with Crippen LogP contribution in [0.25, 0.3) is 0 Å². The molecule has 1 aromatic carbocycles. The average Bonchev–Trinajstić information content (AvgIpc) is 2.97. The van der Waals surface area contributed by atoms with E-state index >= 15 is 0 Å². The zero-order valence-corrected chi connectivity index (χ0v) is 14.0. The standard InChI is InChI=1S/C16H16F2N2O3S/c1-3-20-16(22)9(7-19-20)14(21)8-6-10(17)15-12(13(8)18)11(23-2)4-5-24-15/h6-7,11,22H,3-5H2,1-2H3. The van der Waals surface area contributed by atoms with E-state index in [1.807, 2.05) is 0 Å². The average molecular weight is 354 g/mol. The van der Waals surface area contributed by atoms with Gasteiger partial charge in [0.1, 0.15) is 17.2 Å². The molecular weight excluding hydrogens is 338 g/mol. The second-order valence-electron chi connectivity index (χ2n) is 5.35. The molecule has 0 saturated carbocycles. The van der Waals surface area contributed by atoms with Gasteiger partial charge < -0.3 is 9.84 Å². The number of carbonyl (C=O) groups is 1. The van der Waals surface area contributed by atoms with Crippen molar-refractivity contribution in [3.05, 3.63) is 40.6 Å². The van der Waals surface area contributed by atoms with E-state index in [-0.39, 0.29) is 21.9 Å². The zero-order valence-electron chi connectivity index (χ0n) is 13.2. The van der Waals surface area contributed by atoms with Crippen LogP contribution in [0.5, 0.6) is 5.88 Å². The summed E-state index contributed by atoms with van der Waals surface area (Å²) in [5.74, 6) is -2.03. The van der Waals surface area contributed by atoms with Gasteiger partial charge in [0.15, 0.2) is 0 Å². The van der Waals surface area contributed by atoms with E-state index in [9.17, 15) is 18.7 Å². The van der Waals surface area contributed by atoms with Crippen molar-refractivity contribution in [1.29, 1.82) is 0 Å². The van der Waals surface area contributed by atoms with Gasteiger partial charge in [0.25, 0.3) is 0 Å². The number of carbonyl (C=O) groups excluding carboxylic acids is 1. The van der Waals surface area contributed by atoms with Crippen molar-refractivity contribution < 1.29 is 23.4 Å². The van der Waals surface area contributed by atoms with Gasteiger partial charge in [-0.2, -0.15) is 5.10 Å². The molecule has 1 aliphatic rings. The number of ketones is 1. The number of aromatic nitrogens is 2. The Morgan fingerprint density at radius 2 is 2.25 bits per heavy atom. The van der Waals surface area contributed by atoms with Crippen molar-refractivity contribution in [3.63, 3.8) is 0 Å². The van der Waals surface area contributed by atoms with E-state index < -0.39 is 29.1 Å². The third kappa shape index (κ3) is 2.59. The van der Waals surface area contributed by atoms with Gasteiger partial charge in [-0.05, 0) is 19.4 Å². The zero-order chi connectivity index (χ0) is 17.4. The number of fused-ring (bicyclic) bond motifs is 1. The fourth-order valence-electron chi connectivity index (χ4n) is 2.79. The Balaban J connectivity index is 2.13. The van der Waals surface area contributed by atoms with Crippen molar-refractivity contribution in [3.8, 4) is 5.88 Å². The monoisotopic (exact) mass is 354 g/mol. The first kappa shape index (κ1) is 16.9. The molecule has 5 nitrogen and oxygen atoms in total. The number of nitrogens with zero attached hydrogens (tertiary/aromatic N) is 2. The number of ether oxygens (including phenoxy) is 1. The lowest BCUT2D eigenvalue weighted by atomic mass is 9.97. The lowest BCUT2D eigenvalue weighted by Gasteiger charge is -2.25. The normalized spacial score (nSPS) is 16.9. The van der Waals surface area contributed by atoms with Gasteiger partial charge in [-0.1, -0.05) is 0 Å². The molecule has 3 rings (SSSR count). The number of thioether (sulfide) groups is 1. The van der Waals surface area contributed by atoms with Crippen LogP contribution in [0.2, 0.25) is 0 Å². The van der Waals surface area contributed by atoms with Crippen LogP contribution in [0.15, 0.2) is 17.2 Å². The molecule has 0 amide bonds. The SMILES string of the molecule is CCn1ncc(C(=O)c2cc(F)c3c(c2F)C(OC)CCS3)c1O. The van der Waals surface area contributed by atoms with Gasteiger partial charge in [-0.25, -0.2) is 13.5 Å². The fraction of sp³-hybridized carbons (Fsp3) is 0.375. The van der Waals surface area contributed by atoms with Gasteiger partial charge in [0.2, 0.25) is 11.7 Å². The Morgan fingerprint density at radius 3 is 2.88 bits per heavy atom. The Labute approximate surface area is 141 Å². The summed E-state index contributed by atoms with van der Waals surface area (Å²) in [4.78, 5) is 12.8. The topological polar surface area (TPSA) is 64.4 Å². The third-order valence-electron chi connectivity index (χ3n) is 4.04. The minimum atomic E-state index is -0.808. The number of hydrogen-bond acceptors (Lipinski definition) is 5. The molecular formula is C16H16F2N2O3S. The third-order valence-corrected chi connectivity index (χ3v) is 5.18. The Morgan fingerprint density at radius 1 is 1.50 bits per heavy atom. The van der Waals surface area contributed by atoms with Crippen molar-refractivity contribution in [2.45, 2.75) is 30.9 Å². The maximum Gasteiger partial charge on any atom is 0.220 e. The predicted molar refractivity (Wildman–Crippen MR) is 84.4 cm³/mol. The Kier molecular flexibility index (Phi) is 4.60. The minimum Gasteiger partial charge on any atom is -0.493 e. The first-order valence-electron chi connectivity index (χ1n) is 7.46. The van der Waals surface area contributed by atoms with E-state index in [0.29, 0.717) is 18.7 Å².